The van der Waals surface area contributed by atoms with Crippen LogP contribution in [-0.2, 0) is 12.0 Å². The molecule has 0 bridgehead atoms. The number of hydrogen-bond acceptors (Lipinski definition) is 3. The molecule has 0 saturated carbocycles. The molecule has 0 amide bonds. The molecule has 1 aromatic rings. The summed E-state index contributed by atoms with van der Waals surface area (Å²) in [5.41, 5.74) is 6.64. The topological polar surface area (TPSA) is 51.8 Å². The molecule has 3 heteroatoms. The Morgan fingerprint density at radius 1 is 1.25 bits per heavy atom. The third kappa shape index (κ3) is 2.01. The lowest BCUT2D eigenvalue weighted by Gasteiger charge is -2.17. The maximum Gasteiger partial charge on any atom is 0.141 e. The maximum atomic E-state index is 5.38. The molecule has 2 N–H and O–H groups in total. The summed E-state index contributed by atoms with van der Waals surface area (Å²) in [7, 11) is 0. The molecule has 0 fully saturated rings. The van der Waals surface area contributed by atoms with Crippen LogP contribution in [0.1, 0.15) is 32.2 Å². The van der Waals surface area contributed by atoms with Gasteiger partial charge in [0.1, 0.15) is 5.82 Å². The van der Waals surface area contributed by atoms with E-state index in [-0.39, 0.29) is 5.41 Å². The Labute approximate surface area is 73.0 Å². The summed E-state index contributed by atoms with van der Waals surface area (Å²) < 4.78 is 0. The lowest BCUT2D eigenvalue weighted by molar-refractivity contribution is 0.582. The van der Waals surface area contributed by atoms with E-state index in [0.717, 1.165) is 5.56 Å². The van der Waals surface area contributed by atoms with Crippen molar-refractivity contribution in [3.63, 3.8) is 0 Å². The van der Waals surface area contributed by atoms with E-state index in [1.165, 1.54) is 0 Å². The van der Waals surface area contributed by atoms with Gasteiger partial charge < -0.3 is 5.73 Å². The van der Waals surface area contributed by atoms with Crippen LogP contribution in [-0.4, -0.2) is 9.97 Å². The van der Waals surface area contributed by atoms with Gasteiger partial charge in [-0.05, 0) is 11.0 Å². The number of hydrogen-bond donors (Lipinski definition) is 1. The summed E-state index contributed by atoms with van der Waals surface area (Å²) in [5, 5.41) is 0. The van der Waals surface area contributed by atoms with Gasteiger partial charge in [0.25, 0.3) is 0 Å². The second-order valence-corrected chi connectivity index (χ2v) is 3.84. The van der Waals surface area contributed by atoms with Crippen molar-refractivity contribution in [2.75, 3.05) is 0 Å². The molecule has 0 aliphatic rings. The first-order valence-corrected chi connectivity index (χ1v) is 4.05. The van der Waals surface area contributed by atoms with Crippen LogP contribution in [0.2, 0.25) is 0 Å². The standard InChI is InChI=1S/C9H15N3/c1-9(2,3)7-5-11-8(4-10)12-6-7/h5-6H,4,10H2,1-3H3. The van der Waals surface area contributed by atoms with Gasteiger partial charge in [0, 0.05) is 12.4 Å². The third-order valence-electron chi connectivity index (χ3n) is 1.75. The average Bonchev–Trinajstić information content (AvgIpc) is 2.03. The predicted octanol–water partition coefficient (Wildman–Crippen LogP) is 1.23. The van der Waals surface area contributed by atoms with Crippen LogP contribution in [0.3, 0.4) is 0 Å². The zero-order chi connectivity index (χ0) is 9.19. The molecule has 0 aliphatic carbocycles. The Balaban J connectivity index is 2.93. The van der Waals surface area contributed by atoms with Crippen molar-refractivity contribution >= 4 is 0 Å². The summed E-state index contributed by atoms with van der Waals surface area (Å²) in [6.45, 7) is 6.81. The maximum absolute atomic E-state index is 5.38. The molecular weight excluding hydrogens is 150 g/mol. The van der Waals surface area contributed by atoms with Crippen LogP contribution in [0, 0.1) is 0 Å². The lowest BCUT2D eigenvalue weighted by atomic mass is 9.89. The van der Waals surface area contributed by atoms with Gasteiger partial charge in [0.15, 0.2) is 0 Å². The van der Waals surface area contributed by atoms with Crippen molar-refractivity contribution in [2.45, 2.75) is 32.7 Å². The Bertz CT molecular complexity index is 245. The normalized spacial score (nSPS) is 11.7. The van der Waals surface area contributed by atoms with Crippen LogP contribution in [0.5, 0.6) is 0 Å². The second-order valence-electron chi connectivity index (χ2n) is 3.84. The minimum absolute atomic E-state index is 0.118. The van der Waals surface area contributed by atoms with Gasteiger partial charge in [-0.25, -0.2) is 9.97 Å². The predicted molar refractivity (Wildman–Crippen MR) is 48.6 cm³/mol. The summed E-state index contributed by atoms with van der Waals surface area (Å²) in [6, 6.07) is 0. The van der Waals surface area contributed by atoms with E-state index in [2.05, 4.69) is 30.7 Å². The number of nitrogens with zero attached hydrogens (tertiary/aromatic N) is 2. The highest BCUT2D eigenvalue weighted by Crippen LogP contribution is 2.19. The Hall–Kier alpha value is -0.960. The SMILES string of the molecule is CC(C)(C)c1cnc(CN)nc1. The van der Waals surface area contributed by atoms with Crippen molar-refractivity contribution in [1.82, 2.24) is 9.97 Å². The number of nitrogens with two attached hydrogens (primary N) is 1. The molecule has 0 aliphatic heterocycles. The molecule has 1 heterocycles. The van der Waals surface area contributed by atoms with Gasteiger partial charge in [-0.3, -0.25) is 0 Å². The third-order valence-corrected chi connectivity index (χ3v) is 1.75. The smallest absolute Gasteiger partial charge is 0.141 e. The molecule has 0 aromatic carbocycles. The van der Waals surface area contributed by atoms with Crippen molar-refractivity contribution in [2.24, 2.45) is 5.73 Å². The minimum Gasteiger partial charge on any atom is -0.324 e. The highest BCUT2D eigenvalue weighted by atomic mass is 14.9. The first kappa shape index (κ1) is 9.13. The van der Waals surface area contributed by atoms with E-state index in [4.69, 9.17) is 5.73 Å². The quantitative estimate of drug-likeness (QED) is 0.681. The van der Waals surface area contributed by atoms with Gasteiger partial charge in [-0.2, -0.15) is 0 Å². The van der Waals surface area contributed by atoms with Gasteiger partial charge >= 0.3 is 0 Å². The molecule has 1 rings (SSSR count). The molecule has 0 unspecified atom stereocenters. The lowest BCUT2D eigenvalue weighted by Crippen LogP contribution is -2.13. The van der Waals surface area contributed by atoms with Gasteiger partial charge in [0.05, 0.1) is 6.54 Å². The van der Waals surface area contributed by atoms with Gasteiger partial charge in [-0.1, -0.05) is 20.8 Å². The molecule has 0 radical (unpaired) electrons. The van der Waals surface area contributed by atoms with Crippen LogP contribution in [0.4, 0.5) is 0 Å². The Kier molecular flexibility index (Phi) is 2.43. The summed E-state index contributed by atoms with van der Waals surface area (Å²) in [6.07, 6.45) is 3.68. The number of aromatic nitrogens is 2. The zero-order valence-electron chi connectivity index (χ0n) is 7.83. The minimum atomic E-state index is 0.118. The van der Waals surface area contributed by atoms with Crippen LogP contribution < -0.4 is 5.73 Å². The molecule has 12 heavy (non-hydrogen) atoms. The highest BCUT2D eigenvalue weighted by Gasteiger charge is 2.13. The molecule has 66 valence electrons. The van der Waals surface area contributed by atoms with E-state index in [0.29, 0.717) is 12.4 Å². The van der Waals surface area contributed by atoms with Gasteiger partial charge in [0.2, 0.25) is 0 Å². The van der Waals surface area contributed by atoms with E-state index < -0.39 is 0 Å². The van der Waals surface area contributed by atoms with Gasteiger partial charge in [-0.15, -0.1) is 0 Å². The summed E-state index contributed by atoms with van der Waals surface area (Å²) in [4.78, 5) is 8.26. The summed E-state index contributed by atoms with van der Waals surface area (Å²) in [5.74, 6) is 0.697. The second kappa shape index (κ2) is 3.19. The Morgan fingerprint density at radius 2 is 1.75 bits per heavy atom. The zero-order valence-corrected chi connectivity index (χ0v) is 7.83. The van der Waals surface area contributed by atoms with E-state index in [1.54, 1.807) is 0 Å². The largest absolute Gasteiger partial charge is 0.324 e. The molecule has 0 atom stereocenters. The fraction of sp³-hybridized carbons (Fsp3) is 0.556. The monoisotopic (exact) mass is 165 g/mol. The van der Waals surface area contributed by atoms with Crippen LogP contribution in [0.25, 0.3) is 0 Å². The van der Waals surface area contributed by atoms with Crippen molar-refractivity contribution in [1.29, 1.82) is 0 Å². The van der Waals surface area contributed by atoms with Crippen LogP contribution >= 0.6 is 0 Å². The Morgan fingerprint density at radius 3 is 2.08 bits per heavy atom. The fourth-order valence-electron chi connectivity index (χ4n) is 0.847. The average molecular weight is 165 g/mol. The van der Waals surface area contributed by atoms with Crippen molar-refractivity contribution < 1.29 is 0 Å². The van der Waals surface area contributed by atoms with E-state index >= 15 is 0 Å². The van der Waals surface area contributed by atoms with Crippen molar-refractivity contribution in [3.8, 4) is 0 Å². The first-order valence-electron chi connectivity index (χ1n) is 4.05. The van der Waals surface area contributed by atoms with Crippen molar-refractivity contribution in [3.05, 3.63) is 23.8 Å². The fourth-order valence-corrected chi connectivity index (χ4v) is 0.847. The highest BCUT2D eigenvalue weighted by molar-refractivity contribution is 5.15. The van der Waals surface area contributed by atoms with E-state index in [1.807, 2.05) is 12.4 Å². The molecule has 3 nitrogen and oxygen atoms in total. The molecular formula is C9H15N3. The van der Waals surface area contributed by atoms with Crippen LogP contribution in [0.15, 0.2) is 12.4 Å². The molecule has 1 aromatic heterocycles. The molecule has 0 saturated heterocycles. The number of rotatable bonds is 1. The van der Waals surface area contributed by atoms with E-state index in [9.17, 15) is 0 Å². The first-order chi connectivity index (χ1) is 5.54. The summed E-state index contributed by atoms with van der Waals surface area (Å²) >= 11 is 0. The molecule has 0 spiro atoms.